The maximum absolute atomic E-state index is 12.4. The second kappa shape index (κ2) is 7.17. The number of hydrogen-bond donors (Lipinski definition) is 1. The predicted octanol–water partition coefficient (Wildman–Crippen LogP) is 3.38. The minimum absolute atomic E-state index is 0.0903. The zero-order valence-corrected chi connectivity index (χ0v) is 14.0. The summed E-state index contributed by atoms with van der Waals surface area (Å²) in [5.41, 5.74) is 3.36. The summed E-state index contributed by atoms with van der Waals surface area (Å²) in [7, 11) is 0. The van der Waals surface area contributed by atoms with Gasteiger partial charge in [0.25, 0.3) is 5.56 Å². The van der Waals surface area contributed by atoms with E-state index < -0.39 is 0 Å². The Morgan fingerprint density at radius 2 is 1.96 bits per heavy atom. The Balaban J connectivity index is 1.79. The van der Waals surface area contributed by atoms with Crippen molar-refractivity contribution in [2.45, 2.75) is 26.8 Å². The van der Waals surface area contributed by atoms with Gasteiger partial charge < -0.3 is 14.3 Å². The van der Waals surface area contributed by atoms with Gasteiger partial charge in [-0.3, -0.25) is 4.79 Å². The SMILES string of the molecule is CCCOc1ccc(-c2ccc(Cn3cncc3C)[nH]c2=O)cc1. The second-order valence-corrected chi connectivity index (χ2v) is 5.76. The van der Waals surface area contributed by atoms with Crippen molar-refractivity contribution in [1.82, 2.24) is 14.5 Å². The van der Waals surface area contributed by atoms with Crippen molar-refractivity contribution in [3.8, 4) is 16.9 Å². The van der Waals surface area contributed by atoms with Crippen LogP contribution in [0.3, 0.4) is 0 Å². The summed E-state index contributed by atoms with van der Waals surface area (Å²) in [5, 5.41) is 0. The standard InChI is InChI=1S/C19H21N3O2/c1-3-10-24-17-7-4-15(5-8-17)18-9-6-16(21-19(18)23)12-22-13-20-11-14(22)2/h4-9,11,13H,3,10,12H2,1-2H3,(H,21,23). The van der Waals surface area contributed by atoms with E-state index >= 15 is 0 Å². The fourth-order valence-electron chi connectivity index (χ4n) is 2.52. The van der Waals surface area contributed by atoms with Gasteiger partial charge in [-0.1, -0.05) is 19.1 Å². The van der Waals surface area contributed by atoms with Crippen LogP contribution < -0.4 is 10.3 Å². The lowest BCUT2D eigenvalue weighted by Gasteiger charge is -2.08. The maximum Gasteiger partial charge on any atom is 0.256 e. The van der Waals surface area contributed by atoms with E-state index in [9.17, 15) is 4.79 Å². The van der Waals surface area contributed by atoms with Crippen molar-refractivity contribution in [3.05, 3.63) is 70.7 Å². The molecule has 0 saturated heterocycles. The monoisotopic (exact) mass is 323 g/mol. The molecule has 5 nitrogen and oxygen atoms in total. The van der Waals surface area contributed by atoms with E-state index in [1.807, 2.05) is 47.9 Å². The van der Waals surface area contributed by atoms with Crippen LogP contribution in [0, 0.1) is 6.92 Å². The quantitative estimate of drug-likeness (QED) is 0.756. The van der Waals surface area contributed by atoms with E-state index in [4.69, 9.17) is 4.74 Å². The molecule has 124 valence electrons. The first-order valence-corrected chi connectivity index (χ1v) is 8.09. The van der Waals surface area contributed by atoms with Crippen LogP contribution >= 0.6 is 0 Å². The number of nitrogens with zero attached hydrogens (tertiary/aromatic N) is 2. The van der Waals surface area contributed by atoms with E-state index in [1.165, 1.54) is 0 Å². The van der Waals surface area contributed by atoms with Crippen LogP contribution in [0.25, 0.3) is 11.1 Å². The van der Waals surface area contributed by atoms with E-state index in [1.54, 1.807) is 12.5 Å². The number of rotatable bonds is 6. The molecule has 5 heteroatoms. The number of aromatic amines is 1. The van der Waals surface area contributed by atoms with Crippen LogP contribution in [0.2, 0.25) is 0 Å². The Labute approximate surface area is 141 Å². The first-order valence-electron chi connectivity index (χ1n) is 8.09. The molecular formula is C19H21N3O2. The number of aromatic nitrogens is 3. The molecule has 0 saturated carbocycles. The molecule has 1 N–H and O–H groups in total. The number of nitrogens with one attached hydrogen (secondary N) is 1. The summed E-state index contributed by atoms with van der Waals surface area (Å²) < 4.78 is 7.56. The van der Waals surface area contributed by atoms with Crippen LogP contribution in [0.15, 0.2) is 53.7 Å². The molecule has 0 bridgehead atoms. The third-order valence-electron chi connectivity index (χ3n) is 3.87. The first kappa shape index (κ1) is 16.1. The summed E-state index contributed by atoms with van der Waals surface area (Å²) in [6, 6.07) is 11.4. The molecule has 24 heavy (non-hydrogen) atoms. The molecule has 3 rings (SSSR count). The summed E-state index contributed by atoms with van der Waals surface area (Å²) in [5.74, 6) is 0.823. The Morgan fingerprint density at radius 1 is 1.17 bits per heavy atom. The number of aryl methyl sites for hydroxylation is 1. The van der Waals surface area contributed by atoms with Crippen molar-refractivity contribution >= 4 is 0 Å². The number of pyridine rings is 1. The highest BCUT2D eigenvalue weighted by molar-refractivity contribution is 5.63. The van der Waals surface area contributed by atoms with Gasteiger partial charge in [0, 0.05) is 23.1 Å². The molecule has 0 aliphatic heterocycles. The summed E-state index contributed by atoms with van der Waals surface area (Å²) in [6.45, 7) is 5.36. The summed E-state index contributed by atoms with van der Waals surface area (Å²) in [6.07, 6.45) is 4.53. The normalized spacial score (nSPS) is 10.8. The third-order valence-corrected chi connectivity index (χ3v) is 3.87. The lowest BCUT2D eigenvalue weighted by atomic mass is 10.1. The molecule has 0 fully saturated rings. The summed E-state index contributed by atoms with van der Waals surface area (Å²) in [4.78, 5) is 19.4. The van der Waals surface area contributed by atoms with E-state index in [0.717, 1.165) is 29.1 Å². The molecule has 1 aromatic carbocycles. The van der Waals surface area contributed by atoms with Crippen LogP contribution in [0.4, 0.5) is 0 Å². The van der Waals surface area contributed by atoms with Crippen molar-refractivity contribution in [3.63, 3.8) is 0 Å². The van der Waals surface area contributed by atoms with Gasteiger partial charge in [0.2, 0.25) is 0 Å². The van der Waals surface area contributed by atoms with Crippen molar-refractivity contribution in [2.75, 3.05) is 6.61 Å². The summed E-state index contributed by atoms with van der Waals surface area (Å²) >= 11 is 0. The molecule has 0 unspecified atom stereocenters. The fraction of sp³-hybridized carbons (Fsp3) is 0.263. The highest BCUT2D eigenvalue weighted by Gasteiger charge is 2.06. The van der Waals surface area contributed by atoms with Gasteiger partial charge in [0.1, 0.15) is 5.75 Å². The first-order chi connectivity index (χ1) is 11.7. The number of H-pyrrole nitrogens is 1. The van der Waals surface area contributed by atoms with Gasteiger partial charge in [-0.2, -0.15) is 0 Å². The minimum Gasteiger partial charge on any atom is -0.494 e. The minimum atomic E-state index is -0.0903. The molecule has 2 aromatic heterocycles. The molecule has 0 atom stereocenters. The van der Waals surface area contributed by atoms with Gasteiger partial charge in [0.15, 0.2) is 0 Å². The van der Waals surface area contributed by atoms with E-state index in [2.05, 4.69) is 16.9 Å². The van der Waals surface area contributed by atoms with Crippen molar-refractivity contribution < 1.29 is 4.74 Å². The van der Waals surface area contributed by atoms with Gasteiger partial charge >= 0.3 is 0 Å². The topological polar surface area (TPSA) is 59.9 Å². The zero-order chi connectivity index (χ0) is 16.9. The highest BCUT2D eigenvalue weighted by Crippen LogP contribution is 2.20. The Kier molecular flexibility index (Phi) is 4.79. The fourth-order valence-corrected chi connectivity index (χ4v) is 2.52. The zero-order valence-electron chi connectivity index (χ0n) is 14.0. The average Bonchev–Trinajstić information content (AvgIpc) is 2.99. The average molecular weight is 323 g/mol. The Hall–Kier alpha value is -2.82. The number of benzene rings is 1. The molecule has 3 aromatic rings. The Bertz CT molecular complexity index is 863. The number of ether oxygens (including phenoxy) is 1. The Morgan fingerprint density at radius 3 is 2.58 bits per heavy atom. The second-order valence-electron chi connectivity index (χ2n) is 5.76. The van der Waals surface area contributed by atoms with Crippen LogP contribution in [-0.2, 0) is 6.54 Å². The molecule has 0 spiro atoms. The van der Waals surface area contributed by atoms with Gasteiger partial charge in [-0.25, -0.2) is 4.98 Å². The lowest BCUT2D eigenvalue weighted by molar-refractivity contribution is 0.317. The molecule has 0 radical (unpaired) electrons. The molecule has 0 aliphatic carbocycles. The molecular weight excluding hydrogens is 302 g/mol. The number of imidazole rings is 1. The van der Waals surface area contributed by atoms with Gasteiger partial charge in [-0.05, 0) is 43.2 Å². The smallest absolute Gasteiger partial charge is 0.256 e. The van der Waals surface area contributed by atoms with Crippen molar-refractivity contribution in [2.24, 2.45) is 0 Å². The van der Waals surface area contributed by atoms with E-state index in [-0.39, 0.29) is 5.56 Å². The largest absolute Gasteiger partial charge is 0.494 e. The molecule has 0 aliphatic rings. The van der Waals surface area contributed by atoms with Crippen LogP contribution in [0.1, 0.15) is 24.7 Å². The highest BCUT2D eigenvalue weighted by atomic mass is 16.5. The van der Waals surface area contributed by atoms with E-state index in [0.29, 0.717) is 18.7 Å². The lowest BCUT2D eigenvalue weighted by Crippen LogP contribution is -2.13. The van der Waals surface area contributed by atoms with Crippen molar-refractivity contribution in [1.29, 1.82) is 0 Å². The van der Waals surface area contributed by atoms with Crippen LogP contribution in [-0.4, -0.2) is 21.1 Å². The third kappa shape index (κ3) is 3.56. The van der Waals surface area contributed by atoms with Gasteiger partial charge in [-0.15, -0.1) is 0 Å². The van der Waals surface area contributed by atoms with Crippen LogP contribution in [0.5, 0.6) is 5.75 Å². The molecule has 0 amide bonds. The maximum atomic E-state index is 12.4. The predicted molar refractivity (Wildman–Crippen MR) is 94.4 cm³/mol. The van der Waals surface area contributed by atoms with Gasteiger partial charge in [0.05, 0.1) is 19.5 Å². The molecule has 2 heterocycles. The number of hydrogen-bond acceptors (Lipinski definition) is 3.